The van der Waals surface area contributed by atoms with Crippen molar-refractivity contribution in [2.75, 3.05) is 13.6 Å². The Morgan fingerprint density at radius 1 is 1.42 bits per heavy atom. The van der Waals surface area contributed by atoms with Gasteiger partial charge in [0, 0.05) is 17.8 Å². The molecule has 1 amide bonds. The van der Waals surface area contributed by atoms with Gasteiger partial charge < -0.3 is 14.7 Å². The number of likely N-dealkylation sites (tertiary alicyclic amines) is 1. The van der Waals surface area contributed by atoms with E-state index in [4.69, 9.17) is 4.52 Å². The van der Waals surface area contributed by atoms with Crippen LogP contribution >= 0.6 is 0 Å². The second kappa shape index (κ2) is 6.55. The molecule has 5 nitrogen and oxygen atoms in total. The summed E-state index contributed by atoms with van der Waals surface area (Å²) in [5.41, 5.74) is 2.06. The summed E-state index contributed by atoms with van der Waals surface area (Å²) in [5.74, 6) is 0.0718. The highest BCUT2D eigenvalue weighted by Gasteiger charge is 2.31. The predicted octanol–water partition coefficient (Wildman–Crippen LogP) is 3.36. The smallest absolute Gasteiger partial charge is 0.222 e. The van der Waals surface area contributed by atoms with Crippen molar-refractivity contribution in [3.8, 4) is 0 Å². The lowest BCUT2D eigenvalue weighted by molar-refractivity contribution is -0.124. The van der Waals surface area contributed by atoms with Crippen LogP contribution in [0.2, 0.25) is 0 Å². The number of aromatic nitrogens is 1. The molecule has 1 aliphatic rings. The van der Waals surface area contributed by atoms with Gasteiger partial charge in [0.1, 0.15) is 5.69 Å². The molecule has 0 aliphatic carbocycles. The molecule has 2 aromatic rings. The Hall–Kier alpha value is -1.88. The van der Waals surface area contributed by atoms with Crippen LogP contribution in [0.1, 0.15) is 50.8 Å². The molecular weight excluding hydrogens is 302 g/mol. The van der Waals surface area contributed by atoms with Gasteiger partial charge in [-0.15, -0.1) is 0 Å². The number of carbonyl (C=O) groups excluding carboxylic acids is 1. The Labute approximate surface area is 143 Å². The molecule has 5 heteroatoms. The normalized spacial score (nSPS) is 19.6. The zero-order valence-electron chi connectivity index (χ0n) is 15.1. The number of hydrogen-bond donors (Lipinski definition) is 1. The lowest BCUT2D eigenvalue weighted by atomic mass is 9.95. The highest BCUT2D eigenvalue weighted by molar-refractivity contribution is 5.84. The Balaban J connectivity index is 1.75. The van der Waals surface area contributed by atoms with Gasteiger partial charge in [-0.1, -0.05) is 23.7 Å². The molecule has 1 N–H and O–H groups in total. The fourth-order valence-corrected chi connectivity index (χ4v) is 3.63. The largest absolute Gasteiger partial charge is 0.356 e. The van der Waals surface area contributed by atoms with Crippen molar-refractivity contribution in [1.29, 1.82) is 0 Å². The number of amides is 1. The number of hydrogen-bond acceptors (Lipinski definition) is 4. The number of fused-ring (bicyclic) bond motifs is 1. The summed E-state index contributed by atoms with van der Waals surface area (Å²) in [5, 5.41) is 8.36. The third kappa shape index (κ3) is 3.31. The highest BCUT2D eigenvalue weighted by Crippen LogP contribution is 2.29. The fraction of sp³-hybridized carbons (Fsp3) is 0.579. The summed E-state index contributed by atoms with van der Waals surface area (Å²) in [6.07, 6.45) is 4.06. The maximum absolute atomic E-state index is 12.6. The van der Waals surface area contributed by atoms with Crippen LogP contribution in [-0.4, -0.2) is 35.6 Å². The molecule has 1 aromatic carbocycles. The molecule has 1 aliphatic heterocycles. The first-order chi connectivity index (χ1) is 11.4. The van der Waals surface area contributed by atoms with Gasteiger partial charge in [0.25, 0.3) is 0 Å². The molecule has 0 saturated carbocycles. The molecule has 3 rings (SSSR count). The highest BCUT2D eigenvalue weighted by atomic mass is 16.5. The number of nitrogens with one attached hydrogen (secondary N) is 1. The van der Waals surface area contributed by atoms with E-state index in [1.165, 1.54) is 12.8 Å². The van der Waals surface area contributed by atoms with E-state index in [0.717, 1.165) is 35.2 Å². The Morgan fingerprint density at radius 3 is 2.96 bits per heavy atom. The molecule has 24 heavy (non-hydrogen) atoms. The summed E-state index contributed by atoms with van der Waals surface area (Å²) in [7, 11) is 2.11. The summed E-state index contributed by atoms with van der Waals surface area (Å²) in [6.45, 7) is 7.04. The zero-order chi connectivity index (χ0) is 17.3. The van der Waals surface area contributed by atoms with Crippen molar-refractivity contribution >= 4 is 16.9 Å². The van der Waals surface area contributed by atoms with Crippen molar-refractivity contribution in [1.82, 2.24) is 15.4 Å². The minimum atomic E-state index is -0.566. The lowest BCUT2D eigenvalue weighted by Crippen LogP contribution is -2.45. The van der Waals surface area contributed by atoms with Crippen LogP contribution in [0.15, 0.2) is 22.7 Å². The van der Waals surface area contributed by atoms with Gasteiger partial charge in [-0.25, -0.2) is 0 Å². The molecule has 130 valence electrons. The number of piperidine rings is 1. The average Bonchev–Trinajstić information content (AvgIpc) is 2.95. The maximum Gasteiger partial charge on any atom is 0.222 e. The number of nitrogens with zero attached hydrogens (tertiary/aromatic N) is 2. The van der Waals surface area contributed by atoms with Crippen LogP contribution in [0.4, 0.5) is 0 Å². The van der Waals surface area contributed by atoms with Gasteiger partial charge in [0.2, 0.25) is 5.91 Å². The minimum Gasteiger partial charge on any atom is -0.356 e. The third-order valence-electron chi connectivity index (χ3n) is 5.08. The van der Waals surface area contributed by atoms with Gasteiger partial charge >= 0.3 is 0 Å². The van der Waals surface area contributed by atoms with E-state index in [-0.39, 0.29) is 5.91 Å². The van der Waals surface area contributed by atoms with Gasteiger partial charge in [-0.05, 0) is 58.8 Å². The molecule has 0 unspecified atom stereocenters. The van der Waals surface area contributed by atoms with Gasteiger partial charge in [0.05, 0.1) is 5.54 Å². The number of benzene rings is 1. The molecule has 1 saturated heterocycles. The number of para-hydroxylation sites is 1. The summed E-state index contributed by atoms with van der Waals surface area (Å²) >= 11 is 0. The fourth-order valence-electron chi connectivity index (χ4n) is 3.63. The van der Waals surface area contributed by atoms with Crippen molar-refractivity contribution in [3.05, 3.63) is 29.5 Å². The first-order valence-corrected chi connectivity index (χ1v) is 8.75. The van der Waals surface area contributed by atoms with E-state index >= 15 is 0 Å². The van der Waals surface area contributed by atoms with E-state index in [2.05, 4.69) is 22.4 Å². The van der Waals surface area contributed by atoms with Crippen LogP contribution in [0.5, 0.6) is 0 Å². The quantitative estimate of drug-likeness (QED) is 0.934. The topological polar surface area (TPSA) is 58.4 Å². The maximum atomic E-state index is 12.6. The molecule has 0 bridgehead atoms. The summed E-state index contributed by atoms with van der Waals surface area (Å²) in [6, 6.07) is 6.33. The first-order valence-electron chi connectivity index (χ1n) is 8.75. The number of rotatable bonds is 4. The van der Waals surface area contributed by atoms with Crippen molar-refractivity contribution in [2.24, 2.45) is 0 Å². The van der Waals surface area contributed by atoms with Crippen LogP contribution in [-0.2, 0) is 10.3 Å². The van der Waals surface area contributed by atoms with E-state index in [9.17, 15) is 4.79 Å². The SMILES string of the molecule is Cc1cccc2c(C(C)(C)NC(=O)C[C@@H]3CCCCN3C)noc12. The zero-order valence-corrected chi connectivity index (χ0v) is 15.1. The van der Waals surface area contributed by atoms with Gasteiger partial charge in [0.15, 0.2) is 5.58 Å². The van der Waals surface area contributed by atoms with Crippen molar-refractivity contribution in [3.63, 3.8) is 0 Å². The third-order valence-corrected chi connectivity index (χ3v) is 5.08. The monoisotopic (exact) mass is 329 g/mol. The lowest BCUT2D eigenvalue weighted by Gasteiger charge is -2.33. The Morgan fingerprint density at radius 2 is 2.21 bits per heavy atom. The second-order valence-electron chi connectivity index (χ2n) is 7.49. The van der Waals surface area contributed by atoms with E-state index < -0.39 is 5.54 Å². The molecule has 2 heterocycles. The van der Waals surface area contributed by atoms with Crippen molar-refractivity contribution < 1.29 is 9.32 Å². The average molecular weight is 329 g/mol. The second-order valence-corrected chi connectivity index (χ2v) is 7.49. The molecule has 1 fully saturated rings. The van der Waals surface area contributed by atoms with Crippen LogP contribution in [0.25, 0.3) is 11.0 Å². The number of aryl methyl sites for hydroxylation is 1. The standard InChI is InChI=1S/C19H27N3O2/c1-13-8-7-10-15-17(13)24-21-18(15)19(2,3)20-16(23)12-14-9-5-6-11-22(14)4/h7-8,10,14H,5-6,9,11-12H2,1-4H3,(H,20,23)/t14-/m0/s1. The minimum absolute atomic E-state index is 0.0718. The predicted molar refractivity (Wildman–Crippen MR) is 94.8 cm³/mol. The van der Waals surface area contributed by atoms with Gasteiger partial charge in [-0.3, -0.25) is 4.79 Å². The van der Waals surface area contributed by atoms with E-state index in [1.54, 1.807) is 0 Å². The Bertz CT molecular complexity index is 735. The Kier molecular flexibility index (Phi) is 4.63. The summed E-state index contributed by atoms with van der Waals surface area (Å²) in [4.78, 5) is 14.9. The van der Waals surface area contributed by atoms with Crippen molar-refractivity contribution in [2.45, 2.75) is 58.0 Å². The van der Waals surface area contributed by atoms with E-state index in [0.29, 0.717) is 12.5 Å². The molecule has 1 aromatic heterocycles. The number of carbonyl (C=O) groups is 1. The van der Waals surface area contributed by atoms with E-state index in [1.807, 2.05) is 39.0 Å². The van der Waals surface area contributed by atoms with Crippen LogP contribution in [0.3, 0.4) is 0 Å². The molecule has 0 radical (unpaired) electrons. The summed E-state index contributed by atoms with van der Waals surface area (Å²) < 4.78 is 5.51. The van der Waals surface area contributed by atoms with Gasteiger partial charge in [-0.2, -0.15) is 0 Å². The molecule has 0 spiro atoms. The van der Waals surface area contributed by atoms with Crippen LogP contribution in [0, 0.1) is 6.92 Å². The first kappa shape index (κ1) is 17.0. The van der Waals surface area contributed by atoms with Crippen LogP contribution < -0.4 is 5.32 Å². The molecule has 1 atom stereocenters. The molecular formula is C19H27N3O2.